The minimum atomic E-state index is -0.0879. The summed E-state index contributed by atoms with van der Waals surface area (Å²) >= 11 is 8.03. The van der Waals surface area contributed by atoms with Gasteiger partial charge in [-0.3, -0.25) is 0 Å². The van der Waals surface area contributed by atoms with E-state index in [1.54, 1.807) is 0 Å². The van der Waals surface area contributed by atoms with Crippen molar-refractivity contribution >= 4 is 78.0 Å². The van der Waals surface area contributed by atoms with Crippen molar-refractivity contribution in [2.75, 3.05) is 9.80 Å². The fourth-order valence-corrected chi connectivity index (χ4v) is 9.82. The van der Waals surface area contributed by atoms with Crippen LogP contribution in [0.15, 0.2) is 176 Å². The largest absolute Gasteiger partial charge is 0.309 e. The zero-order valence-electron chi connectivity index (χ0n) is 41.5. The number of nitrogens with zero attached hydrogens (tertiary/aromatic N) is 2. The molecule has 0 aliphatic heterocycles. The monoisotopic (exact) mass is 896 g/mol. The highest BCUT2D eigenvalue weighted by molar-refractivity contribution is 6.37. The smallest absolute Gasteiger partial charge is 0.0887 e. The number of hydrogen-bond acceptors (Lipinski definition) is 2. The van der Waals surface area contributed by atoms with E-state index in [1.165, 1.54) is 54.6 Å². The minimum Gasteiger partial charge on any atom is -0.309 e. The molecule has 0 spiro atoms. The van der Waals surface area contributed by atoms with Crippen molar-refractivity contribution in [2.45, 2.75) is 105 Å². The molecular formula is C64H65ClN2. The molecule has 0 N–H and O–H groups in total. The van der Waals surface area contributed by atoms with Crippen LogP contribution in [0.5, 0.6) is 0 Å². The fraction of sp³-hybridized carbons (Fsp3) is 0.250. The second-order valence-electron chi connectivity index (χ2n) is 22.5. The van der Waals surface area contributed by atoms with Crippen LogP contribution in [0.1, 0.15) is 105 Å². The van der Waals surface area contributed by atoms with Gasteiger partial charge in [-0.15, -0.1) is 0 Å². The van der Waals surface area contributed by atoms with E-state index in [1.807, 2.05) is 0 Å². The average Bonchev–Trinajstić information content (AvgIpc) is 3.29. The summed E-state index contributed by atoms with van der Waals surface area (Å²) in [5.41, 5.74) is 13.3. The van der Waals surface area contributed by atoms with Crippen molar-refractivity contribution in [3.8, 4) is 11.1 Å². The first-order chi connectivity index (χ1) is 31.7. The summed E-state index contributed by atoms with van der Waals surface area (Å²) in [5, 5.41) is 8.21. The number of halogens is 1. The lowest BCUT2D eigenvalue weighted by Crippen LogP contribution is -2.17. The molecule has 0 fully saturated rings. The summed E-state index contributed by atoms with van der Waals surface area (Å²) in [6.07, 6.45) is 0. The van der Waals surface area contributed by atoms with Gasteiger partial charge in [0.1, 0.15) is 0 Å². The topological polar surface area (TPSA) is 6.48 Å². The van der Waals surface area contributed by atoms with Gasteiger partial charge in [0.15, 0.2) is 0 Å². The number of fused-ring (bicyclic) bond motifs is 6. The molecule has 9 rings (SSSR count). The van der Waals surface area contributed by atoms with Crippen LogP contribution in [0, 0.1) is 0 Å². The molecule has 3 heteroatoms. The van der Waals surface area contributed by atoms with Crippen molar-refractivity contribution < 1.29 is 0 Å². The minimum absolute atomic E-state index is 0.00986. The van der Waals surface area contributed by atoms with Crippen LogP contribution in [0.2, 0.25) is 5.02 Å². The van der Waals surface area contributed by atoms with E-state index in [-0.39, 0.29) is 21.7 Å². The van der Waals surface area contributed by atoms with Gasteiger partial charge in [-0.05, 0) is 149 Å². The lowest BCUT2D eigenvalue weighted by molar-refractivity contribution is 0.590. The van der Waals surface area contributed by atoms with Crippen LogP contribution in [0.3, 0.4) is 0 Å². The number of anilines is 6. The lowest BCUT2D eigenvalue weighted by atomic mass is 9.84. The van der Waals surface area contributed by atoms with Crippen LogP contribution in [0.4, 0.5) is 34.1 Å². The summed E-state index contributed by atoms with van der Waals surface area (Å²) in [6.45, 7) is 27.3. The van der Waals surface area contributed by atoms with Crippen LogP contribution in [0.25, 0.3) is 43.4 Å². The van der Waals surface area contributed by atoms with E-state index in [4.69, 9.17) is 11.6 Å². The third kappa shape index (κ3) is 8.85. The molecule has 0 unspecified atom stereocenters. The Labute approximate surface area is 404 Å². The molecule has 0 amide bonds. The Morgan fingerprint density at radius 1 is 0.299 bits per heavy atom. The Hall–Kier alpha value is -6.35. The van der Waals surface area contributed by atoms with E-state index in [0.717, 1.165) is 45.3 Å². The lowest BCUT2D eigenvalue weighted by Gasteiger charge is -2.33. The predicted molar refractivity (Wildman–Crippen MR) is 294 cm³/mol. The molecule has 9 aromatic carbocycles. The van der Waals surface area contributed by atoms with Gasteiger partial charge in [-0.1, -0.05) is 204 Å². The number of hydrogen-bond donors (Lipinski definition) is 0. The number of rotatable bonds is 7. The van der Waals surface area contributed by atoms with Crippen LogP contribution in [-0.4, -0.2) is 0 Å². The summed E-state index contributed by atoms with van der Waals surface area (Å²) in [6, 6.07) is 65.3. The van der Waals surface area contributed by atoms with Crippen molar-refractivity contribution in [3.63, 3.8) is 0 Å². The van der Waals surface area contributed by atoms with Gasteiger partial charge in [-0.2, -0.15) is 0 Å². The molecule has 9 aromatic rings. The van der Waals surface area contributed by atoms with E-state index in [0.29, 0.717) is 5.02 Å². The van der Waals surface area contributed by atoms with Crippen molar-refractivity contribution in [3.05, 3.63) is 203 Å². The van der Waals surface area contributed by atoms with E-state index in [2.05, 4.69) is 269 Å². The van der Waals surface area contributed by atoms with Crippen molar-refractivity contribution in [1.29, 1.82) is 0 Å². The van der Waals surface area contributed by atoms with Gasteiger partial charge in [0.25, 0.3) is 0 Å². The molecule has 0 aliphatic carbocycles. The van der Waals surface area contributed by atoms with Crippen molar-refractivity contribution in [1.82, 2.24) is 0 Å². The highest BCUT2D eigenvalue weighted by Gasteiger charge is 2.27. The summed E-state index contributed by atoms with van der Waals surface area (Å²) in [5.74, 6) is 0. The van der Waals surface area contributed by atoms with Gasteiger partial charge in [0.05, 0.1) is 22.1 Å². The zero-order chi connectivity index (χ0) is 47.6. The number of benzene rings is 9. The van der Waals surface area contributed by atoms with Gasteiger partial charge >= 0.3 is 0 Å². The average molecular weight is 898 g/mol. The first-order valence-corrected chi connectivity index (χ1v) is 24.2. The second-order valence-corrected chi connectivity index (χ2v) is 22.9. The van der Waals surface area contributed by atoms with Crippen molar-refractivity contribution in [2.24, 2.45) is 0 Å². The van der Waals surface area contributed by atoms with Gasteiger partial charge in [0, 0.05) is 22.6 Å². The third-order valence-electron chi connectivity index (χ3n) is 13.6. The SMILES string of the molecule is CC(C)(C)c1ccc(N(c2ccc(C(C)(C)C)cc2)c2cccc(N(c3ccc(C(C)(C)C)cc3)c3ccc(C(C)(C)C)cc3-c3ccc4c5ccccc5c5ccccc5c4c3)c2Cl)cc1. The molecule has 2 nitrogen and oxygen atoms in total. The molecule has 0 aliphatic rings. The Morgan fingerprint density at radius 3 is 1.07 bits per heavy atom. The van der Waals surface area contributed by atoms with Crippen LogP contribution >= 0.6 is 11.6 Å². The molecular weight excluding hydrogens is 832 g/mol. The Bertz CT molecular complexity index is 3170. The maximum absolute atomic E-state index is 8.03. The molecule has 0 aromatic heterocycles. The summed E-state index contributed by atoms with van der Waals surface area (Å²) < 4.78 is 0. The van der Waals surface area contributed by atoms with Crippen LogP contribution < -0.4 is 9.80 Å². The quantitative estimate of drug-likeness (QED) is 0.147. The Morgan fingerprint density at radius 2 is 0.657 bits per heavy atom. The zero-order valence-corrected chi connectivity index (χ0v) is 42.3. The van der Waals surface area contributed by atoms with E-state index < -0.39 is 0 Å². The highest BCUT2D eigenvalue weighted by Crippen LogP contribution is 2.50. The first kappa shape index (κ1) is 45.8. The summed E-state index contributed by atoms with van der Waals surface area (Å²) in [7, 11) is 0. The molecule has 67 heavy (non-hydrogen) atoms. The molecule has 338 valence electrons. The normalized spacial score (nSPS) is 12.6. The molecule has 0 radical (unpaired) electrons. The summed E-state index contributed by atoms with van der Waals surface area (Å²) in [4.78, 5) is 4.69. The van der Waals surface area contributed by atoms with Gasteiger partial charge < -0.3 is 9.80 Å². The molecule has 0 saturated carbocycles. The maximum Gasteiger partial charge on any atom is 0.0887 e. The van der Waals surface area contributed by atoms with Gasteiger partial charge in [-0.25, -0.2) is 0 Å². The van der Waals surface area contributed by atoms with Gasteiger partial charge in [0.2, 0.25) is 0 Å². The standard InChI is InChI=1S/C64H65ClN2/c1-61(2,3)43-25-32-47(33-26-43)66(48-34-27-44(28-35-48)62(4,5)6)58-22-17-23-59(60(58)65)67(49-36-29-45(30-37-49)63(7,8)9)57-39-31-46(64(10,11)12)41-55(57)42-24-38-54-52-20-14-13-18-50(52)51-19-15-16-21-53(51)56(54)40-42/h13-41H,1-12H3. The molecule has 0 bridgehead atoms. The Kier molecular flexibility index (Phi) is 11.7. The maximum atomic E-state index is 8.03. The first-order valence-electron chi connectivity index (χ1n) is 23.9. The Balaban J connectivity index is 1.30. The second kappa shape index (κ2) is 17.1. The molecule has 0 heterocycles. The molecule has 0 atom stereocenters. The predicted octanol–water partition coefficient (Wildman–Crippen LogP) is 19.6. The van der Waals surface area contributed by atoms with E-state index in [9.17, 15) is 0 Å². The third-order valence-corrected chi connectivity index (χ3v) is 14.0. The molecule has 0 saturated heterocycles. The highest BCUT2D eigenvalue weighted by atomic mass is 35.5. The van der Waals surface area contributed by atoms with E-state index >= 15 is 0 Å². The van der Waals surface area contributed by atoms with Crippen LogP contribution in [-0.2, 0) is 21.7 Å². The fourth-order valence-electron chi connectivity index (χ4n) is 9.52.